The molecule has 0 aliphatic carbocycles. The molecule has 0 fully saturated rings. The fourth-order valence-corrected chi connectivity index (χ4v) is 2.45. The second kappa shape index (κ2) is 7.05. The Morgan fingerprint density at radius 1 is 1.15 bits per heavy atom. The highest BCUT2D eigenvalue weighted by molar-refractivity contribution is 6.31. The fourth-order valence-electron chi connectivity index (χ4n) is 2.28. The van der Waals surface area contributed by atoms with Crippen molar-refractivity contribution < 1.29 is 13.6 Å². The molecule has 1 aromatic heterocycles. The monoisotopic (exact) mass is 375 g/mol. The van der Waals surface area contributed by atoms with E-state index in [1.165, 1.54) is 48.7 Å². The summed E-state index contributed by atoms with van der Waals surface area (Å²) in [5.74, 6) is -1.96. The first-order valence-corrected chi connectivity index (χ1v) is 7.86. The summed E-state index contributed by atoms with van der Waals surface area (Å²) in [6, 6.07) is 8.70. The Morgan fingerprint density at radius 3 is 2.54 bits per heavy atom. The first-order valence-electron chi connectivity index (χ1n) is 7.48. The molecule has 0 aliphatic rings. The highest BCUT2D eigenvalue weighted by Gasteiger charge is 2.16. The molecule has 8 heteroatoms. The number of anilines is 1. The smallest absolute Gasteiger partial charge is 0.284 e. The van der Waals surface area contributed by atoms with E-state index >= 15 is 0 Å². The van der Waals surface area contributed by atoms with Crippen LogP contribution in [0.4, 0.5) is 14.5 Å². The van der Waals surface area contributed by atoms with Crippen molar-refractivity contribution in [2.24, 2.45) is 0 Å². The quantitative estimate of drug-likeness (QED) is 0.758. The van der Waals surface area contributed by atoms with E-state index in [0.717, 1.165) is 4.68 Å². The van der Waals surface area contributed by atoms with Gasteiger partial charge in [-0.2, -0.15) is 9.78 Å². The van der Waals surface area contributed by atoms with Gasteiger partial charge < -0.3 is 5.32 Å². The molecule has 5 nitrogen and oxygen atoms in total. The minimum absolute atomic E-state index is 0.143. The van der Waals surface area contributed by atoms with Gasteiger partial charge in [-0.25, -0.2) is 8.78 Å². The molecule has 132 valence electrons. The van der Waals surface area contributed by atoms with Crippen molar-refractivity contribution in [2.45, 2.75) is 6.92 Å². The number of nitrogens with one attached hydrogen (secondary N) is 1. The zero-order valence-electron chi connectivity index (χ0n) is 13.5. The second-order valence-corrected chi connectivity index (χ2v) is 5.88. The SMILES string of the molecule is Cc1cc(F)c(NC(=O)c2ccnn(-c3ccc(F)cc3)c2=O)cc1Cl. The van der Waals surface area contributed by atoms with E-state index in [1.807, 2.05) is 0 Å². The van der Waals surface area contributed by atoms with Gasteiger partial charge in [0.2, 0.25) is 0 Å². The van der Waals surface area contributed by atoms with Crippen molar-refractivity contribution in [3.05, 3.63) is 86.8 Å². The molecule has 0 atom stereocenters. The summed E-state index contributed by atoms with van der Waals surface area (Å²) >= 11 is 5.94. The Hall–Kier alpha value is -3.06. The lowest BCUT2D eigenvalue weighted by Gasteiger charge is -2.09. The molecule has 0 radical (unpaired) electrons. The minimum atomic E-state index is -0.813. The van der Waals surface area contributed by atoms with Gasteiger partial charge in [0.25, 0.3) is 11.5 Å². The molecule has 0 aliphatic heterocycles. The van der Waals surface area contributed by atoms with Crippen LogP contribution in [0.25, 0.3) is 5.69 Å². The number of carbonyl (C=O) groups excluding carboxylic acids is 1. The highest BCUT2D eigenvalue weighted by atomic mass is 35.5. The van der Waals surface area contributed by atoms with Crippen LogP contribution in [0.1, 0.15) is 15.9 Å². The predicted molar refractivity (Wildman–Crippen MR) is 93.9 cm³/mol. The van der Waals surface area contributed by atoms with Gasteiger partial charge in [0.15, 0.2) is 0 Å². The van der Waals surface area contributed by atoms with Crippen LogP contribution < -0.4 is 10.9 Å². The molecular weight excluding hydrogens is 364 g/mol. The number of benzene rings is 2. The van der Waals surface area contributed by atoms with Crippen LogP contribution in [-0.2, 0) is 0 Å². The Bertz CT molecular complexity index is 1050. The predicted octanol–water partition coefficient (Wildman–Crippen LogP) is 3.72. The van der Waals surface area contributed by atoms with E-state index in [2.05, 4.69) is 10.4 Å². The first kappa shape index (κ1) is 17.8. The number of halogens is 3. The fraction of sp³-hybridized carbons (Fsp3) is 0.0556. The Kier molecular flexibility index (Phi) is 4.81. The molecule has 3 aromatic rings. The van der Waals surface area contributed by atoms with Crippen molar-refractivity contribution in [2.75, 3.05) is 5.32 Å². The maximum absolute atomic E-state index is 14.0. The van der Waals surface area contributed by atoms with E-state index in [9.17, 15) is 18.4 Å². The van der Waals surface area contributed by atoms with Crippen LogP contribution >= 0.6 is 11.6 Å². The van der Waals surface area contributed by atoms with Gasteiger partial charge in [0, 0.05) is 11.2 Å². The third-order valence-corrected chi connectivity index (χ3v) is 4.07. The molecule has 0 saturated carbocycles. The highest BCUT2D eigenvalue weighted by Crippen LogP contribution is 2.24. The molecule has 0 spiro atoms. The summed E-state index contributed by atoms with van der Waals surface area (Å²) in [5.41, 5.74) is -0.314. The molecule has 26 heavy (non-hydrogen) atoms. The number of rotatable bonds is 3. The second-order valence-electron chi connectivity index (χ2n) is 5.47. The van der Waals surface area contributed by atoms with Gasteiger partial charge in [0.1, 0.15) is 17.2 Å². The van der Waals surface area contributed by atoms with Crippen molar-refractivity contribution in [3.63, 3.8) is 0 Å². The van der Waals surface area contributed by atoms with Crippen LogP contribution in [0.3, 0.4) is 0 Å². The summed E-state index contributed by atoms with van der Waals surface area (Å²) in [7, 11) is 0. The summed E-state index contributed by atoms with van der Waals surface area (Å²) in [6.45, 7) is 1.63. The van der Waals surface area contributed by atoms with Crippen LogP contribution in [-0.4, -0.2) is 15.7 Å². The summed E-state index contributed by atoms with van der Waals surface area (Å²) in [5, 5.41) is 6.48. The topological polar surface area (TPSA) is 64.0 Å². The lowest BCUT2D eigenvalue weighted by molar-refractivity contribution is 0.102. The molecular formula is C18H12ClF2N3O2. The van der Waals surface area contributed by atoms with Crippen LogP contribution in [0, 0.1) is 18.6 Å². The standard InChI is InChI=1S/C18H12ClF2N3O2/c1-10-8-15(21)16(9-14(10)19)23-17(25)13-6-7-22-24(18(13)26)12-4-2-11(20)3-5-12/h2-9H,1H3,(H,23,25). The summed E-state index contributed by atoms with van der Waals surface area (Å²) in [6.07, 6.45) is 1.25. The van der Waals surface area contributed by atoms with Gasteiger partial charge in [0.05, 0.1) is 11.4 Å². The molecule has 0 unspecified atom stereocenters. The van der Waals surface area contributed by atoms with E-state index in [0.29, 0.717) is 5.56 Å². The average molecular weight is 376 g/mol. The van der Waals surface area contributed by atoms with Crippen molar-refractivity contribution in [1.82, 2.24) is 9.78 Å². The summed E-state index contributed by atoms with van der Waals surface area (Å²) in [4.78, 5) is 24.9. The number of hydrogen-bond donors (Lipinski definition) is 1. The molecule has 0 bridgehead atoms. The van der Waals surface area contributed by atoms with Crippen molar-refractivity contribution >= 4 is 23.2 Å². The van der Waals surface area contributed by atoms with E-state index in [4.69, 9.17) is 11.6 Å². The summed E-state index contributed by atoms with van der Waals surface area (Å²) < 4.78 is 28.0. The molecule has 1 amide bonds. The number of amides is 1. The van der Waals surface area contributed by atoms with E-state index in [1.54, 1.807) is 6.92 Å². The van der Waals surface area contributed by atoms with Gasteiger partial charge in [-0.3, -0.25) is 9.59 Å². The maximum Gasteiger partial charge on any atom is 0.284 e. The third kappa shape index (κ3) is 3.48. The van der Waals surface area contributed by atoms with Crippen LogP contribution in [0.15, 0.2) is 53.5 Å². The molecule has 1 N–H and O–H groups in total. The van der Waals surface area contributed by atoms with Gasteiger partial charge in [-0.1, -0.05) is 11.6 Å². The first-order chi connectivity index (χ1) is 12.4. The third-order valence-electron chi connectivity index (χ3n) is 3.66. The van der Waals surface area contributed by atoms with E-state index < -0.39 is 23.1 Å². The zero-order chi connectivity index (χ0) is 18.8. The van der Waals surface area contributed by atoms with Crippen LogP contribution in [0.2, 0.25) is 5.02 Å². The number of carbonyl (C=O) groups is 1. The largest absolute Gasteiger partial charge is 0.319 e. The minimum Gasteiger partial charge on any atom is -0.319 e. The van der Waals surface area contributed by atoms with Gasteiger partial charge in [-0.05, 0) is 55.0 Å². The molecule has 2 aromatic carbocycles. The molecule has 0 saturated heterocycles. The Labute approximate surface area is 151 Å². The Morgan fingerprint density at radius 2 is 1.85 bits per heavy atom. The lowest BCUT2D eigenvalue weighted by atomic mass is 10.2. The number of nitrogens with zero attached hydrogens (tertiary/aromatic N) is 2. The van der Waals surface area contributed by atoms with E-state index in [-0.39, 0.29) is 22.0 Å². The maximum atomic E-state index is 14.0. The zero-order valence-corrected chi connectivity index (χ0v) is 14.2. The van der Waals surface area contributed by atoms with Crippen molar-refractivity contribution in [3.8, 4) is 5.69 Å². The van der Waals surface area contributed by atoms with Crippen LogP contribution in [0.5, 0.6) is 0 Å². The average Bonchev–Trinajstić information content (AvgIpc) is 2.60. The Balaban J connectivity index is 1.96. The van der Waals surface area contributed by atoms with Crippen molar-refractivity contribution in [1.29, 1.82) is 0 Å². The molecule has 3 rings (SSSR count). The lowest BCUT2D eigenvalue weighted by Crippen LogP contribution is -2.29. The number of hydrogen-bond acceptors (Lipinski definition) is 3. The molecule has 1 heterocycles. The van der Waals surface area contributed by atoms with Gasteiger partial charge >= 0.3 is 0 Å². The number of aromatic nitrogens is 2. The normalized spacial score (nSPS) is 10.6. The van der Waals surface area contributed by atoms with Gasteiger partial charge in [-0.15, -0.1) is 0 Å². The number of aryl methyl sites for hydroxylation is 1.